The van der Waals surface area contributed by atoms with Gasteiger partial charge in [0, 0.05) is 0 Å². The minimum atomic E-state index is -2.99. The molecule has 0 saturated heterocycles. The standard InChI is InChI=1S/C33H33.C15H14.C6H7.2ClH.Zr/c1-32(2,3)30-20-26-24(18-28(30)22-13-9-7-10-14-22)17-25-19-29(23-15-11-8-12-16-23)31(21-27(25)26)33(4,5)6;1-12-3-7-14(8-4-12)11-15-9-5-13(2)6-10-15;1-6-4-2-3-5-6;;;/h7-21H,1-6H3;3-10H,1-2H3;2,4H,3H2,1H3;2*1H;/q;;;;;+2/p-2. The van der Waals surface area contributed by atoms with Crippen LogP contribution < -0.4 is 24.8 Å². The monoisotopic (exact) mass is 862 g/mol. The quantitative estimate of drug-likeness (QED) is 0.158. The molecule has 0 amide bonds. The summed E-state index contributed by atoms with van der Waals surface area (Å²) in [5.41, 5.74) is 20.9. The summed E-state index contributed by atoms with van der Waals surface area (Å²) >= 11 is -2.99. The first-order valence-electron chi connectivity index (χ1n) is 20.0. The van der Waals surface area contributed by atoms with Gasteiger partial charge in [0.15, 0.2) is 0 Å². The molecule has 0 aliphatic heterocycles. The van der Waals surface area contributed by atoms with Crippen LogP contribution in [-0.2, 0) is 32.1 Å². The maximum absolute atomic E-state index is 2.99. The molecule has 2 aliphatic rings. The van der Waals surface area contributed by atoms with E-state index in [4.69, 9.17) is 0 Å². The fourth-order valence-electron chi connectivity index (χ4n) is 8.93. The number of benzene rings is 6. The number of hydrogen-bond acceptors (Lipinski definition) is 0. The molecule has 0 bridgehead atoms. The van der Waals surface area contributed by atoms with Gasteiger partial charge in [0.2, 0.25) is 0 Å². The van der Waals surface area contributed by atoms with Crippen molar-refractivity contribution in [2.45, 2.75) is 83.2 Å². The number of aryl methyl sites for hydroxylation is 2. The average Bonchev–Trinajstić information content (AvgIpc) is 3.73. The Kier molecular flexibility index (Phi) is 12.6. The number of fused-ring (bicyclic) bond motifs is 3. The van der Waals surface area contributed by atoms with Gasteiger partial charge in [-0.3, -0.25) is 0 Å². The van der Waals surface area contributed by atoms with E-state index in [0.717, 1.165) is 6.42 Å². The van der Waals surface area contributed by atoms with Gasteiger partial charge in [0.05, 0.1) is 0 Å². The van der Waals surface area contributed by atoms with Crippen molar-refractivity contribution < 1.29 is 46.1 Å². The summed E-state index contributed by atoms with van der Waals surface area (Å²) in [6.45, 7) is 21.1. The SMILES string of the molecule is CC1=[C]([Zr+2](=[C](c2ccc(C)cc2)c2ccc(C)cc2)[CH]2c3cc(-c4ccccc4)c(C(C)(C)C)cc3-c3cc(C(C)(C)C)c(-c4ccccc4)cc32)CC=C1.[Cl-].[Cl-]. The Bertz CT molecular complexity index is 2350. The summed E-state index contributed by atoms with van der Waals surface area (Å²) in [4.78, 5) is 0. The summed E-state index contributed by atoms with van der Waals surface area (Å²) in [6.07, 6.45) is 5.88. The van der Waals surface area contributed by atoms with Crippen molar-refractivity contribution in [1.82, 2.24) is 0 Å². The zero-order chi connectivity index (χ0) is 38.6. The summed E-state index contributed by atoms with van der Waals surface area (Å²) in [7, 11) is 0. The van der Waals surface area contributed by atoms with E-state index in [1.165, 1.54) is 83.5 Å². The van der Waals surface area contributed by atoms with E-state index in [2.05, 4.69) is 208 Å². The fourth-order valence-corrected chi connectivity index (χ4v) is 18.4. The summed E-state index contributed by atoms with van der Waals surface area (Å²) in [6, 6.07) is 51.8. The second kappa shape index (κ2) is 16.8. The molecule has 0 N–H and O–H groups in total. The molecule has 3 heteroatoms. The summed E-state index contributed by atoms with van der Waals surface area (Å²) in [5.74, 6) is 0. The van der Waals surface area contributed by atoms with Crippen LogP contribution in [0.2, 0.25) is 0 Å². The maximum Gasteiger partial charge on any atom is -1.00 e. The van der Waals surface area contributed by atoms with Gasteiger partial charge in [-0.05, 0) is 0 Å². The topological polar surface area (TPSA) is 0 Å². The Morgan fingerprint density at radius 1 is 0.509 bits per heavy atom. The zero-order valence-corrected chi connectivity index (χ0v) is 38.9. The van der Waals surface area contributed by atoms with Crippen LogP contribution in [-0.4, -0.2) is 3.21 Å². The van der Waals surface area contributed by atoms with Crippen LogP contribution >= 0.6 is 0 Å². The first-order valence-corrected chi connectivity index (χ1v) is 23.9. The van der Waals surface area contributed by atoms with Crippen molar-refractivity contribution in [1.29, 1.82) is 0 Å². The molecule has 0 fully saturated rings. The Morgan fingerprint density at radius 3 is 1.26 bits per heavy atom. The van der Waals surface area contributed by atoms with E-state index >= 15 is 0 Å². The van der Waals surface area contributed by atoms with E-state index < -0.39 is 21.3 Å². The molecule has 0 radical (unpaired) electrons. The Labute approximate surface area is 362 Å². The molecule has 0 atom stereocenters. The molecule has 57 heavy (non-hydrogen) atoms. The van der Waals surface area contributed by atoms with Crippen LogP contribution in [0.15, 0.2) is 154 Å². The van der Waals surface area contributed by atoms with Crippen LogP contribution in [0.1, 0.15) is 103 Å². The molecule has 6 aromatic carbocycles. The normalized spacial score (nSPS) is 13.3. The Hall–Kier alpha value is -3.87. The van der Waals surface area contributed by atoms with Gasteiger partial charge in [-0.15, -0.1) is 0 Å². The van der Waals surface area contributed by atoms with E-state index in [0.29, 0.717) is 3.63 Å². The largest absolute Gasteiger partial charge is 1.00 e. The molecular weight excluding hydrogens is 811 g/mol. The summed E-state index contributed by atoms with van der Waals surface area (Å²) in [5, 5.41) is 0. The summed E-state index contributed by atoms with van der Waals surface area (Å²) < 4.78 is 3.61. The molecule has 2 aliphatic carbocycles. The smallest absolute Gasteiger partial charge is 1.00 e. The molecule has 0 nitrogen and oxygen atoms in total. The van der Waals surface area contributed by atoms with Crippen LogP contribution in [0.5, 0.6) is 0 Å². The van der Waals surface area contributed by atoms with Gasteiger partial charge in [-0.1, -0.05) is 0 Å². The molecule has 0 unspecified atom stereocenters. The zero-order valence-electron chi connectivity index (χ0n) is 34.9. The van der Waals surface area contributed by atoms with E-state index in [9.17, 15) is 0 Å². The molecule has 0 spiro atoms. The minimum Gasteiger partial charge on any atom is -1.00 e. The predicted octanol–water partition coefficient (Wildman–Crippen LogP) is 8.43. The van der Waals surface area contributed by atoms with Gasteiger partial charge >= 0.3 is 340 Å². The average molecular weight is 865 g/mol. The van der Waals surface area contributed by atoms with Crippen molar-refractivity contribution in [3.8, 4) is 33.4 Å². The van der Waals surface area contributed by atoms with Crippen molar-refractivity contribution in [2.24, 2.45) is 0 Å². The molecule has 0 saturated carbocycles. The third-order valence-electron chi connectivity index (χ3n) is 11.8. The van der Waals surface area contributed by atoms with Crippen LogP contribution in [0, 0.1) is 13.8 Å². The fraction of sp³-hybridized carbons (Fsp3) is 0.241. The van der Waals surface area contributed by atoms with Crippen molar-refractivity contribution >= 4 is 3.21 Å². The number of hydrogen-bond donors (Lipinski definition) is 0. The molecule has 0 heterocycles. The second-order valence-electron chi connectivity index (χ2n) is 17.9. The van der Waals surface area contributed by atoms with E-state index in [-0.39, 0.29) is 35.6 Å². The molecule has 8 rings (SSSR count). The third-order valence-corrected chi connectivity index (χ3v) is 20.6. The first-order chi connectivity index (χ1) is 26.3. The van der Waals surface area contributed by atoms with Crippen LogP contribution in [0.4, 0.5) is 0 Å². The van der Waals surface area contributed by atoms with Crippen LogP contribution in [0.25, 0.3) is 33.4 Å². The molecule has 6 aromatic rings. The van der Waals surface area contributed by atoms with Gasteiger partial charge in [0.1, 0.15) is 0 Å². The first kappa shape index (κ1) is 42.7. The van der Waals surface area contributed by atoms with E-state index in [1.807, 2.05) is 0 Å². The van der Waals surface area contributed by atoms with Crippen molar-refractivity contribution in [2.75, 3.05) is 0 Å². The minimum absolute atomic E-state index is 0. The second-order valence-corrected chi connectivity index (χ2v) is 24.1. The van der Waals surface area contributed by atoms with E-state index in [1.54, 1.807) is 6.49 Å². The molecule has 0 aromatic heterocycles. The molecular formula is C54H54Cl2Zr. The van der Waals surface area contributed by atoms with Crippen molar-refractivity contribution in [3.05, 3.63) is 199 Å². The van der Waals surface area contributed by atoms with Crippen molar-refractivity contribution in [3.63, 3.8) is 0 Å². The predicted molar refractivity (Wildman–Crippen MR) is 234 cm³/mol. The van der Waals surface area contributed by atoms with Gasteiger partial charge in [0.25, 0.3) is 0 Å². The number of allylic oxidation sites excluding steroid dienone is 4. The van der Waals surface area contributed by atoms with Gasteiger partial charge < -0.3 is 24.8 Å². The van der Waals surface area contributed by atoms with Gasteiger partial charge in [-0.25, -0.2) is 0 Å². The Morgan fingerprint density at radius 2 is 0.912 bits per heavy atom. The van der Waals surface area contributed by atoms with Crippen LogP contribution in [0.3, 0.4) is 0 Å². The molecule has 288 valence electrons. The Balaban J connectivity index is 0.00000275. The van der Waals surface area contributed by atoms with Gasteiger partial charge in [-0.2, -0.15) is 0 Å². The third kappa shape index (κ3) is 8.24. The maximum atomic E-state index is 2.65. The number of rotatable bonds is 6. The number of halogens is 2.